The zero-order valence-corrected chi connectivity index (χ0v) is 14.0. The molecule has 1 saturated carbocycles. The van der Waals surface area contributed by atoms with E-state index in [1.54, 1.807) is 31.2 Å². The van der Waals surface area contributed by atoms with Crippen LogP contribution in [0.15, 0.2) is 18.2 Å². The van der Waals surface area contributed by atoms with Crippen molar-refractivity contribution in [1.29, 1.82) is 0 Å². The molecule has 1 aliphatic rings. The fraction of sp³-hybridized carbons (Fsp3) is 0.533. The number of hydrogen-bond acceptors (Lipinski definition) is 3. The molecule has 0 unspecified atom stereocenters. The quantitative estimate of drug-likeness (QED) is 0.922. The molecule has 21 heavy (non-hydrogen) atoms. The highest BCUT2D eigenvalue weighted by Crippen LogP contribution is 2.32. The highest BCUT2D eigenvalue weighted by Gasteiger charge is 2.37. The standard InChI is InChI=1S/C15H21ClN2O2.ClH/c1-18(11-6-7-13(20-2)12(16)10-11)14(19)15(17)8-4-3-5-9-15;/h6-7,10H,3-5,8-9,17H2,1-2H3;1H. The van der Waals surface area contributed by atoms with E-state index >= 15 is 0 Å². The number of ether oxygens (including phenoxy) is 1. The molecule has 1 fully saturated rings. The van der Waals surface area contributed by atoms with E-state index in [4.69, 9.17) is 22.1 Å². The van der Waals surface area contributed by atoms with Crippen LogP contribution in [0.5, 0.6) is 5.75 Å². The lowest BCUT2D eigenvalue weighted by atomic mass is 9.81. The van der Waals surface area contributed by atoms with Crippen LogP contribution in [0.4, 0.5) is 5.69 Å². The van der Waals surface area contributed by atoms with E-state index in [-0.39, 0.29) is 18.3 Å². The van der Waals surface area contributed by atoms with Crippen molar-refractivity contribution in [1.82, 2.24) is 0 Å². The molecule has 1 amide bonds. The lowest BCUT2D eigenvalue weighted by Crippen LogP contribution is -2.55. The first kappa shape index (κ1) is 18.1. The van der Waals surface area contributed by atoms with Gasteiger partial charge in [-0.25, -0.2) is 0 Å². The summed E-state index contributed by atoms with van der Waals surface area (Å²) in [5.74, 6) is 0.551. The number of carbonyl (C=O) groups is 1. The number of nitrogens with zero attached hydrogens (tertiary/aromatic N) is 1. The summed E-state index contributed by atoms with van der Waals surface area (Å²) in [5.41, 5.74) is 6.28. The average Bonchev–Trinajstić information content (AvgIpc) is 2.46. The molecular formula is C15H22Cl2N2O2. The van der Waals surface area contributed by atoms with Gasteiger partial charge in [-0.3, -0.25) is 4.79 Å². The van der Waals surface area contributed by atoms with Crippen LogP contribution in [0.2, 0.25) is 5.02 Å². The normalized spacial score (nSPS) is 16.8. The topological polar surface area (TPSA) is 55.6 Å². The highest BCUT2D eigenvalue weighted by atomic mass is 35.5. The van der Waals surface area contributed by atoms with E-state index < -0.39 is 5.54 Å². The van der Waals surface area contributed by atoms with E-state index in [9.17, 15) is 4.79 Å². The zero-order valence-electron chi connectivity index (χ0n) is 12.4. The third-order valence-electron chi connectivity index (χ3n) is 4.00. The van der Waals surface area contributed by atoms with E-state index in [1.807, 2.05) is 6.07 Å². The lowest BCUT2D eigenvalue weighted by Gasteiger charge is -2.35. The van der Waals surface area contributed by atoms with Crippen LogP contribution in [-0.2, 0) is 4.79 Å². The molecule has 0 spiro atoms. The van der Waals surface area contributed by atoms with E-state index in [0.29, 0.717) is 10.8 Å². The molecule has 2 rings (SSSR count). The number of hydrogen-bond donors (Lipinski definition) is 1. The summed E-state index contributed by atoms with van der Waals surface area (Å²) in [5, 5.41) is 0.486. The molecule has 4 nitrogen and oxygen atoms in total. The first-order valence-electron chi connectivity index (χ1n) is 6.88. The van der Waals surface area contributed by atoms with Gasteiger partial charge in [0, 0.05) is 12.7 Å². The molecule has 1 aromatic carbocycles. The molecule has 0 aromatic heterocycles. The Balaban J connectivity index is 0.00000220. The molecule has 6 heteroatoms. The molecule has 1 aliphatic carbocycles. The smallest absolute Gasteiger partial charge is 0.246 e. The fourth-order valence-electron chi connectivity index (χ4n) is 2.71. The maximum absolute atomic E-state index is 12.6. The van der Waals surface area contributed by atoms with E-state index in [2.05, 4.69) is 0 Å². The third-order valence-corrected chi connectivity index (χ3v) is 4.29. The first-order chi connectivity index (χ1) is 9.48. The highest BCUT2D eigenvalue weighted by molar-refractivity contribution is 6.32. The Labute approximate surface area is 137 Å². The van der Waals surface area contributed by atoms with Crippen molar-refractivity contribution in [2.75, 3.05) is 19.1 Å². The van der Waals surface area contributed by atoms with Gasteiger partial charge in [-0.2, -0.15) is 0 Å². The second-order valence-electron chi connectivity index (χ2n) is 5.40. The van der Waals surface area contributed by atoms with Gasteiger partial charge in [0.2, 0.25) is 5.91 Å². The minimum Gasteiger partial charge on any atom is -0.495 e. The van der Waals surface area contributed by atoms with Crippen LogP contribution in [0.25, 0.3) is 0 Å². The number of anilines is 1. The summed E-state index contributed by atoms with van der Waals surface area (Å²) in [6.07, 6.45) is 4.68. The monoisotopic (exact) mass is 332 g/mol. The fourth-order valence-corrected chi connectivity index (χ4v) is 2.96. The van der Waals surface area contributed by atoms with Gasteiger partial charge >= 0.3 is 0 Å². The molecule has 0 bridgehead atoms. The number of amides is 1. The molecule has 0 saturated heterocycles. The lowest BCUT2D eigenvalue weighted by molar-refractivity contribution is -0.124. The van der Waals surface area contributed by atoms with Gasteiger partial charge in [0.1, 0.15) is 5.75 Å². The van der Waals surface area contributed by atoms with Crippen molar-refractivity contribution in [3.05, 3.63) is 23.2 Å². The minimum atomic E-state index is -0.737. The van der Waals surface area contributed by atoms with Crippen LogP contribution in [-0.4, -0.2) is 25.6 Å². The summed E-state index contributed by atoms with van der Waals surface area (Å²) in [6, 6.07) is 5.30. The third kappa shape index (κ3) is 3.82. The SMILES string of the molecule is COc1ccc(N(C)C(=O)C2(N)CCCCC2)cc1Cl.Cl. The van der Waals surface area contributed by atoms with Crippen LogP contribution in [0.1, 0.15) is 32.1 Å². The van der Waals surface area contributed by atoms with Gasteiger partial charge in [0.15, 0.2) is 0 Å². The molecule has 1 aromatic rings. The predicted octanol–water partition coefficient (Wildman–Crippen LogP) is 3.39. The van der Waals surface area contributed by atoms with Gasteiger partial charge in [-0.05, 0) is 31.0 Å². The number of benzene rings is 1. The van der Waals surface area contributed by atoms with Crippen molar-refractivity contribution in [3.63, 3.8) is 0 Å². The second-order valence-corrected chi connectivity index (χ2v) is 5.81. The average molecular weight is 333 g/mol. The number of methoxy groups -OCH3 is 1. The summed E-state index contributed by atoms with van der Waals surface area (Å²) in [7, 11) is 3.30. The van der Waals surface area contributed by atoms with E-state index in [1.165, 1.54) is 0 Å². The van der Waals surface area contributed by atoms with Gasteiger partial charge in [-0.15, -0.1) is 12.4 Å². The van der Waals surface area contributed by atoms with Crippen molar-refractivity contribution in [2.24, 2.45) is 5.73 Å². The zero-order chi connectivity index (χ0) is 14.8. The molecule has 118 valence electrons. The van der Waals surface area contributed by atoms with Gasteiger partial charge < -0.3 is 15.4 Å². The van der Waals surface area contributed by atoms with Crippen molar-refractivity contribution in [2.45, 2.75) is 37.6 Å². The Hall–Kier alpha value is -0.970. The predicted molar refractivity (Wildman–Crippen MR) is 88.7 cm³/mol. The Morgan fingerprint density at radius 1 is 1.33 bits per heavy atom. The number of likely N-dealkylation sites (N-methyl/N-ethyl adjacent to an activating group) is 1. The number of nitrogens with two attached hydrogens (primary N) is 1. The van der Waals surface area contributed by atoms with Crippen molar-refractivity contribution in [3.8, 4) is 5.75 Å². The Morgan fingerprint density at radius 2 is 1.95 bits per heavy atom. The maximum Gasteiger partial charge on any atom is 0.246 e. The maximum atomic E-state index is 12.6. The second kappa shape index (κ2) is 7.34. The van der Waals surface area contributed by atoms with E-state index in [0.717, 1.165) is 37.8 Å². The number of carbonyl (C=O) groups excluding carboxylic acids is 1. The Bertz CT molecular complexity index is 502. The van der Waals surface area contributed by atoms with Gasteiger partial charge in [0.05, 0.1) is 17.7 Å². The van der Waals surface area contributed by atoms with Crippen LogP contribution >= 0.6 is 24.0 Å². The van der Waals surface area contributed by atoms with Crippen molar-refractivity contribution >= 4 is 35.6 Å². The van der Waals surface area contributed by atoms with Crippen LogP contribution in [0, 0.1) is 0 Å². The molecule has 2 N–H and O–H groups in total. The van der Waals surface area contributed by atoms with Gasteiger partial charge in [-0.1, -0.05) is 30.9 Å². The first-order valence-corrected chi connectivity index (χ1v) is 7.26. The molecule has 0 heterocycles. The summed E-state index contributed by atoms with van der Waals surface area (Å²) >= 11 is 6.10. The summed E-state index contributed by atoms with van der Waals surface area (Å²) in [4.78, 5) is 14.2. The van der Waals surface area contributed by atoms with Crippen LogP contribution in [0.3, 0.4) is 0 Å². The minimum absolute atomic E-state index is 0. The summed E-state index contributed by atoms with van der Waals surface area (Å²) in [6.45, 7) is 0. The largest absolute Gasteiger partial charge is 0.495 e. The molecule has 0 aliphatic heterocycles. The number of rotatable bonds is 3. The van der Waals surface area contributed by atoms with Crippen molar-refractivity contribution < 1.29 is 9.53 Å². The molecule has 0 atom stereocenters. The molecule has 0 radical (unpaired) electrons. The Morgan fingerprint density at radius 3 is 2.48 bits per heavy atom. The summed E-state index contributed by atoms with van der Waals surface area (Å²) < 4.78 is 5.12. The van der Waals surface area contributed by atoms with Gasteiger partial charge in [0.25, 0.3) is 0 Å². The van der Waals surface area contributed by atoms with Crippen LogP contribution < -0.4 is 15.4 Å². The molecular weight excluding hydrogens is 311 g/mol. The number of halogens is 2. The Kier molecular flexibility index (Phi) is 6.32.